The van der Waals surface area contributed by atoms with Gasteiger partial charge in [-0.2, -0.15) is 0 Å². The molecule has 1 aromatic rings. The molecule has 0 fully saturated rings. The summed E-state index contributed by atoms with van der Waals surface area (Å²) >= 11 is 6.20. The molecule has 1 aromatic carbocycles. The summed E-state index contributed by atoms with van der Waals surface area (Å²) < 4.78 is 6.09. The first-order valence-electron chi connectivity index (χ1n) is 8.97. The Kier molecular flexibility index (Phi) is 10.6. The molecular weight excluding hydrogens is 414 g/mol. The summed E-state index contributed by atoms with van der Waals surface area (Å²) in [6.45, 7) is 6.99. The van der Waals surface area contributed by atoms with Gasteiger partial charge in [-0.25, -0.2) is 0 Å². The topological polar surface area (TPSA) is 0 Å². The molecule has 0 bridgehead atoms. The van der Waals surface area contributed by atoms with Gasteiger partial charge in [0.25, 0.3) is 0 Å². The molecule has 1 rings (SSSR count). The minimum absolute atomic E-state index is 1.07. The van der Waals surface area contributed by atoms with E-state index in [9.17, 15) is 0 Å². The average molecular weight is 448 g/mol. The first-order chi connectivity index (χ1) is 10.6. The Morgan fingerprint density at radius 1 is 0.909 bits per heavy atom. The zero-order chi connectivity index (χ0) is 16.4. The normalized spacial score (nSPS) is 11.9. The molecular formula is C19H33ClSSn. The molecule has 0 heterocycles. The van der Waals surface area contributed by atoms with Crippen LogP contribution in [0.3, 0.4) is 0 Å². The summed E-state index contributed by atoms with van der Waals surface area (Å²) in [6.07, 6.45) is 10.3. The Bertz CT molecular complexity index is 412. The fourth-order valence-electron chi connectivity index (χ4n) is 3.36. The van der Waals surface area contributed by atoms with Crippen molar-refractivity contribution in [1.82, 2.24) is 0 Å². The molecule has 3 heteroatoms. The summed E-state index contributed by atoms with van der Waals surface area (Å²) in [4.78, 5) is 1.39. The van der Waals surface area contributed by atoms with Crippen LogP contribution in [0.4, 0.5) is 0 Å². The molecule has 0 aliphatic rings. The number of hydrogen-bond donors (Lipinski definition) is 0. The predicted octanol–water partition coefficient (Wildman–Crippen LogP) is 7.12. The number of unbranched alkanes of at least 4 members (excludes halogenated alkanes) is 3. The van der Waals surface area contributed by atoms with E-state index in [0.29, 0.717) is 0 Å². The van der Waals surface area contributed by atoms with Crippen molar-refractivity contribution >= 4 is 45.3 Å². The summed E-state index contributed by atoms with van der Waals surface area (Å²) in [5.74, 6) is 0. The van der Waals surface area contributed by atoms with Crippen LogP contribution in [-0.4, -0.2) is 24.6 Å². The Morgan fingerprint density at radius 2 is 1.41 bits per heavy atom. The Balaban J connectivity index is 3.23. The number of rotatable bonds is 11. The monoisotopic (exact) mass is 448 g/mol. The van der Waals surface area contributed by atoms with E-state index in [-0.39, 0.29) is 0 Å². The molecule has 0 aliphatic heterocycles. The van der Waals surface area contributed by atoms with Crippen LogP contribution < -0.4 is 3.58 Å². The molecule has 0 atom stereocenters. The van der Waals surface area contributed by atoms with Crippen molar-refractivity contribution in [1.29, 1.82) is 0 Å². The van der Waals surface area contributed by atoms with Crippen molar-refractivity contribution in [2.24, 2.45) is 0 Å². The fraction of sp³-hybridized carbons (Fsp3) is 0.684. The second-order valence-electron chi connectivity index (χ2n) is 6.44. The van der Waals surface area contributed by atoms with Gasteiger partial charge in [0.05, 0.1) is 0 Å². The first-order valence-corrected chi connectivity index (χ1v) is 18.1. The van der Waals surface area contributed by atoms with E-state index >= 15 is 0 Å². The van der Waals surface area contributed by atoms with Crippen LogP contribution in [0, 0.1) is 0 Å². The summed E-state index contributed by atoms with van der Waals surface area (Å²) in [7, 11) is 0. The number of halogens is 1. The maximum atomic E-state index is 6.72. The SMILES string of the molecule is CCC[CH2][Sn]([CH2]CCC)([CH2]CCC)[c]1cc(SC)ccc1Cl. The first kappa shape index (κ1) is 20.7. The van der Waals surface area contributed by atoms with Gasteiger partial charge in [-0.3, -0.25) is 0 Å². The van der Waals surface area contributed by atoms with E-state index in [1.54, 1.807) is 3.58 Å². The van der Waals surface area contributed by atoms with Crippen LogP contribution in [0.1, 0.15) is 59.3 Å². The Morgan fingerprint density at radius 3 is 1.82 bits per heavy atom. The summed E-state index contributed by atoms with van der Waals surface area (Å²) in [5.41, 5.74) is 0. The molecule has 0 unspecified atom stereocenters. The van der Waals surface area contributed by atoms with Crippen LogP contribution in [0.15, 0.2) is 23.1 Å². The van der Waals surface area contributed by atoms with E-state index in [2.05, 4.69) is 45.2 Å². The zero-order valence-electron chi connectivity index (χ0n) is 14.9. The second-order valence-corrected chi connectivity index (χ2v) is 20.9. The van der Waals surface area contributed by atoms with Gasteiger partial charge in [-0.15, -0.1) is 0 Å². The van der Waals surface area contributed by atoms with Crippen LogP contribution >= 0.6 is 23.4 Å². The maximum absolute atomic E-state index is 6.72. The van der Waals surface area contributed by atoms with Crippen LogP contribution in [-0.2, 0) is 0 Å². The van der Waals surface area contributed by atoms with Crippen LogP contribution in [0.25, 0.3) is 0 Å². The van der Waals surface area contributed by atoms with Crippen LogP contribution in [0.5, 0.6) is 0 Å². The van der Waals surface area contributed by atoms with Crippen molar-refractivity contribution in [2.45, 2.75) is 77.5 Å². The quantitative estimate of drug-likeness (QED) is 0.257. The van der Waals surface area contributed by atoms with Gasteiger partial charge in [-0.05, 0) is 0 Å². The Hall–Kier alpha value is 0.659. The molecule has 0 N–H and O–H groups in total. The molecule has 0 saturated heterocycles. The molecule has 0 aromatic heterocycles. The van der Waals surface area contributed by atoms with E-state index < -0.39 is 18.4 Å². The third kappa shape index (κ3) is 5.94. The zero-order valence-corrected chi connectivity index (χ0v) is 19.3. The van der Waals surface area contributed by atoms with Gasteiger partial charge < -0.3 is 0 Å². The molecule has 0 radical (unpaired) electrons. The molecule has 0 nitrogen and oxygen atoms in total. The van der Waals surface area contributed by atoms with Crippen molar-refractivity contribution in [3.63, 3.8) is 0 Å². The minimum atomic E-state index is -2.37. The van der Waals surface area contributed by atoms with Gasteiger partial charge >= 0.3 is 152 Å². The third-order valence-electron chi connectivity index (χ3n) is 4.77. The predicted molar refractivity (Wildman–Crippen MR) is 108 cm³/mol. The Labute approximate surface area is 151 Å². The number of benzene rings is 1. The van der Waals surface area contributed by atoms with Gasteiger partial charge in [-0.1, -0.05) is 0 Å². The van der Waals surface area contributed by atoms with Crippen molar-refractivity contribution in [3.8, 4) is 0 Å². The van der Waals surface area contributed by atoms with Crippen molar-refractivity contribution in [2.75, 3.05) is 6.26 Å². The molecule has 0 amide bonds. The van der Waals surface area contributed by atoms with E-state index in [4.69, 9.17) is 11.6 Å². The molecule has 22 heavy (non-hydrogen) atoms. The van der Waals surface area contributed by atoms with Gasteiger partial charge in [0.2, 0.25) is 0 Å². The second kappa shape index (κ2) is 11.3. The standard InChI is InChI=1S/C7H6ClS.3C4H9.Sn/c1-9-7-4-2-6(8)3-5-7;3*1-3-4-2;/h2,4-5H,1H3;3*1,3-4H2,2H3;. The third-order valence-corrected chi connectivity index (χ3v) is 21.9. The fourth-order valence-corrected chi connectivity index (χ4v) is 21.8. The van der Waals surface area contributed by atoms with E-state index in [0.717, 1.165) is 5.02 Å². The van der Waals surface area contributed by atoms with Gasteiger partial charge in [0.1, 0.15) is 0 Å². The van der Waals surface area contributed by atoms with Crippen molar-refractivity contribution in [3.05, 3.63) is 23.2 Å². The van der Waals surface area contributed by atoms with Gasteiger partial charge in [0, 0.05) is 0 Å². The van der Waals surface area contributed by atoms with Crippen molar-refractivity contribution < 1.29 is 0 Å². The summed E-state index contributed by atoms with van der Waals surface area (Å²) in [6, 6.07) is 6.81. The van der Waals surface area contributed by atoms with E-state index in [1.807, 2.05) is 11.8 Å². The number of thioether (sulfide) groups is 1. The molecule has 0 aliphatic carbocycles. The number of hydrogen-bond acceptors (Lipinski definition) is 1. The molecule has 126 valence electrons. The molecule has 0 saturated carbocycles. The van der Waals surface area contributed by atoms with Gasteiger partial charge in [0.15, 0.2) is 0 Å². The summed E-state index contributed by atoms with van der Waals surface area (Å²) in [5, 5.41) is 1.07. The average Bonchev–Trinajstić information content (AvgIpc) is 2.55. The van der Waals surface area contributed by atoms with E-state index in [1.165, 1.54) is 56.7 Å². The van der Waals surface area contributed by atoms with Crippen LogP contribution in [0.2, 0.25) is 18.3 Å². The molecule has 0 spiro atoms.